The van der Waals surface area contributed by atoms with Gasteiger partial charge in [-0.3, -0.25) is 0 Å². The minimum absolute atomic E-state index is 0.362. The van der Waals surface area contributed by atoms with E-state index in [2.05, 4.69) is 5.32 Å². The van der Waals surface area contributed by atoms with E-state index >= 15 is 0 Å². The second-order valence-electron chi connectivity index (χ2n) is 2.65. The van der Waals surface area contributed by atoms with Gasteiger partial charge in [0.05, 0.1) is 5.54 Å². The largest absolute Gasteiger partial charge is 0.334 e. The van der Waals surface area contributed by atoms with E-state index in [9.17, 15) is 4.79 Å². The Hall–Kier alpha value is -0.770. The van der Waals surface area contributed by atoms with Gasteiger partial charge in [-0.05, 0) is 12.8 Å². The van der Waals surface area contributed by atoms with E-state index in [-0.39, 0.29) is 5.54 Å². The first-order valence-corrected chi connectivity index (χ1v) is 3.84. The van der Waals surface area contributed by atoms with Crippen LogP contribution in [0.3, 0.4) is 0 Å². The molecule has 0 spiro atoms. The van der Waals surface area contributed by atoms with Crippen LogP contribution >= 0.6 is 0 Å². The molecular formula is C7H16N3O. The van der Waals surface area contributed by atoms with Crippen LogP contribution in [0.15, 0.2) is 0 Å². The lowest BCUT2D eigenvalue weighted by Crippen LogP contribution is -2.52. The Morgan fingerprint density at radius 2 is 2.00 bits per heavy atom. The summed E-state index contributed by atoms with van der Waals surface area (Å²) in [5.74, 6) is 0. The molecule has 0 heterocycles. The summed E-state index contributed by atoms with van der Waals surface area (Å²) in [6, 6.07) is -0.751. The second kappa shape index (κ2) is 4.18. The van der Waals surface area contributed by atoms with Gasteiger partial charge in [-0.1, -0.05) is 13.8 Å². The fourth-order valence-electron chi connectivity index (χ4n) is 1.01. The SMILES string of the molecule is CCC(CC)(CN)NC([NH])=O. The summed E-state index contributed by atoms with van der Waals surface area (Å²) < 4.78 is 0. The van der Waals surface area contributed by atoms with Gasteiger partial charge in [0, 0.05) is 6.54 Å². The molecule has 0 aromatic heterocycles. The summed E-state index contributed by atoms with van der Waals surface area (Å²) in [5, 5.41) is 2.55. The Morgan fingerprint density at radius 3 is 2.09 bits per heavy atom. The third kappa shape index (κ3) is 2.76. The highest BCUT2D eigenvalue weighted by atomic mass is 16.2. The van der Waals surface area contributed by atoms with Crippen molar-refractivity contribution in [3.05, 3.63) is 0 Å². The van der Waals surface area contributed by atoms with Crippen molar-refractivity contribution in [3.8, 4) is 0 Å². The van der Waals surface area contributed by atoms with Crippen molar-refractivity contribution >= 4 is 6.03 Å². The van der Waals surface area contributed by atoms with E-state index in [1.165, 1.54) is 0 Å². The van der Waals surface area contributed by atoms with Gasteiger partial charge in [0.2, 0.25) is 0 Å². The maximum atomic E-state index is 10.4. The first-order valence-electron chi connectivity index (χ1n) is 3.84. The van der Waals surface area contributed by atoms with Crippen LogP contribution in [0.1, 0.15) is 26.7 Å². The molecule has 0 aromatic rings. The van der Waals surface area contributed by atoms with E-state index in [1.807, 2.05) is 13.8 Å². The minimum atomic E-state index is -0.751. The average molecular weight is 158 g/mol. The van der Waals surface area contributed by atoms with Crippen molar-refractivity contribution in [3.63, 3.8) is 0 Å². The summed E-state index contributed by atoms with van der Waals surface area (Å²) in [6.45, 7) is 4.29. The number of urea groups is 1. The highest BCUT2D eigenvalue weighted by Crippen LogP contribution is 2.12. The smallest absolute Gasteiger partial charge is 0.330 e. The van der Waals surface area contributed by atoms with Crippen LogP contribution in [-0.4, -0.2) is 18.1 Å². The van der Waals surface area contributed by atoms with Crippen molar-refractivity contribution in [2.24, 2.45) is 5.73 Å². The molecule has 0 unspecified atom stereocenters. The predicted molar refractivity (Wildman–Crippen MR) is 44.0 cm³/mol. The fourth-order valence-corrected chi connectivity index (χ4v) is 1.01. The molecule has 0 saturated carbocycles. The van der Waals surface area contributed by atoms with Gasteiger partial charge in [0.15, 0.2) is 0 Å². The molecule has 0 atom stereocenters. The number of hydrogen-bond donors (Lipinski definition) is 2. The summed E-state index contributed by atoms with van der Waals surface area (Å²) >= 11 is 0. The lowest BCUT2D eigenvalue weighted by molar-refractivity contribution is 0.228. The van der Waals surface area contributed by atoms with Gasteiger partial charge in [-0.15, -0.1) is 0 Å². The van der Waals surface area contributed by atoms with Gasteiger partial charge in [0.25, 0.3) is 0 Å². The van der Waals surface area contributed by atoms with Gasteiger partial charge >= 0.3 is 6.03 Å². The third-order valence-corrected chi connectivity index (χ3v) is 2.12. The topological polar surface area (TPSA) is 78.9 Å². The number of nitrogens with one attached hydrogen (secondary N) is 2. The number of amides is 2. The predicted octanol–water partition coefficient (Wildman–Crippen LogP) is 0.496. The third-order valence-electron chi connectivity index (χ3n) is 2.12. The van der Waals surface area contributed by atoms with Crippen LogP contribution in [0.25, 0.3) is 0 Å². The second-order valence-corrected chi connectivity index (χ2v) is 2.65. The lowest BCUT2D eigenvalue weighted by atomic mass is 9.93. The molecule has 2 amide bonds. The van der Waals surface area contributed by atoms with Crippen molar-refractivity contribution in [1.82, 2.24) is 11.1 Å². The number of nitrogens with two attached hydrogens (primary N) is 1. The molecule has 1 radical (unpaired) electrons. The van der Waals surface area contributed by atoms with Crippen molar-refractivity contribution < 1.29 is 4.79 Å². The van der Waals surface area contributed by atoms with Gasteiger partial charge in [0.1, 0.15) is 0 Å². The lowest BCUT2D eigenvalue weighted by Gasteiger charge is -2.29. The zero-order valence-electron chi connectivity index (χ0n) is 7.11. The summed E-state index contributed by atoms with van der Waals surface area (Å²) in [4.78, 5) is 10.4. The molecule has 4 N–H and O–H groups in total. The molecule has 0 aromatic carbocycles. The minimum Gasteiger partial charge on any atom is -0.330 e. The Balaban J connectivity index is 4.16. The van der Waals surface area contributed by atoms with Crippen LogP contribution in [0.5, 0.6) is 0 Å². The number of carbonyl (C=O) groups excluding carboxylic acids is 1. The van der Waals surface area contributed by atoms with Crippen molar-refractivity contribution in [1.29, 1.82) is 0 Å². The Kier molecular flexibility index (Phi) is 3.89. The van der Waals surface area contributed by atoms with Crippen LogP contribution in [-0.2, 0) is 0 Å². The molecule has 0 rings (SSSR count). The fraction of sp³-hybridized carbons (Fsp3) is 0.857. The molecule has 4 heteroatoms. The number of hydrogen-bond acceptors (Lipinski definition) is 2. The van der Waals surface area contributed by atoms with Gasteiger partial charge < -0.3 is 11.1 Å². The summed E-state index contributed by atoms with van der Waals surface area (Å²) in [7, 11) is 0. The molecule has 0 saturated heterocycles. The molecule has 4 nitrogen and oxygen atoms in total. The van der Waals surface area contributed by atoms with Crippen LogP contribution < -0.4 is 16.8 Å². The highest BCUT2D eigenvalue weighted by molar-refractivity contribution is 5.71. The molecule has 65 valence electrons. The molecular weight excluding hydrogens is 142 g/mol. The molecule has 0 bridgehead atoms. The number of carbonyl (C=O) groups is 1. The van der Waals surface area contributed by atoms with Crippen molar-refractivity contribution in [2.45, 2.75) is 32.2 Å². The van der Waals surface area contributed by atoms with E-state index in [1.54, 1.807) is 0 Å². The number of rotatable bonds is 4. The van der Waals surface area contributed by atoms with Gasteiger partial charge in [-0.2, -0.15) is 0 Å². The first kappa shape index (κ1) is 10.2. The zero-order chi connectivity index (χ0) is 8.91. The van der Waals surface area contributed by atoms with Crippen molar-refractivity contribution in [2.75, 3.05) is 6.54 Å². The highest BCUT2D eigenvalue weighted by Gasteiger charge is 2.25. The van der Waals surface area contributed by atoms with Gasteiger partial charge in [-0.25, -0.2) is 10.5 Å². The van der Waals surface area contributed by atoms with Crippen LogP contribution in [0.4, 0.5) is 4.79 Å². The molecule has 0 aliphatic carbocycles. The monoisotopic (exact) mass is 158 g/mol. The van der Waals surface area contributed by atoms with E-state index in [0.717, 1.165) is 12.8 Å². The Bertz CT molecular complexity index is 123. The normalized spacial score (nSPS) is 11.2. The molecule has 0 fully saturated rings. The summed E-state index contributed by atoms with van der Waals surface area (Å²) in [5.41, 5.74) is 11.9. The Labute approximate surface area is 67.3 Å². The maximum absolute atomic E-state index is 10.4. The molecule has 0 aliphatic heterocycles. The quantitative estimate of drug-likeness (QED) is 0.624. The van der Waals surface area contributed by atoms with E-state index in [4.69, 9.17) is 11.5 Å². The summed E-state index contributed by atoms with van der Waals surface area (Å²) in [6.07, 6.45) is 1.54. The standard InChI is InChI=1S/C7H16N3O/c1-3-7(4-2,5-8)10-6(9)11/h9H,3-5,8H2,1-2H3,(H,10,11). The average Bonchev–Trinajstić information content (AvgIpc) is 2.00. The molecule has 11 heavy (non-hydrogen) atoms. The zero-order valence-corrected chi connectivity index (χ0v) is 7.11. The molecule has 0 aliphatic rings. The van der Waals surface area contributed by atoms with E-state index in [0.29, 0.717) is 6.54 Å². The van der Waals surface area contributed by atoms with E-state index < -0.39 is 6.03 Å². The maximum Gasteiger partial charge on any atom is 0.334 e. The van der Waals surface area contributed by atoms with Crippen LogP contribution in [0, 0.1) is 0 Å². The van der Waals surface area contributed by atoms with Crippen LogP contribution in [0.2, 0.25) is 0 Å². The first-order chi connectivity index (χ1) is 5.10. The Morgan fingerprint density at radius 1 is 1.55 bits per heavy atom.